The third-order valence-electron chi connectivity index (χ3n) is 5.30. The molecule has 1 fully saturated rings. The Morgan fingerprint density at radius 1 is 0.862 bits per heavy atom. The van der Waals surface area contributed by atoms with Gasteiger partial charge in [0.15, 0.2) is 0 Å². The van der Waals surface area contributed by atoms with Crippen molar-refractivity contribution in [3.63, 3.8) is 0 Å². The number of aryl methyl sites for hydroxylation is 1. The standard InChI is InChI=1S/C23H24N4O2/c1-17-8-10-19(11-9-17)22-21(16-27(24-22)20-6-4-3-5-7-20)23(29)26-14-12-25(13-15-26)18(2)28/h3-11,16H,12-15H2,1-2H3. The van der Waals surface area contributed by atoms with Crippen LogP contribution in [0.2, 0.25) is 0 Å². The van der Waals surface area contributed by atoms with Crippen LogP contribution in [0.3, 0.4) is 0 Å². The summed E-state index contributed by atoms with van der Waals surface area (Å²) in [5.74, 6) is 0.000277. The second-order valence-corrected chi connectivity index (χ2v) is 7.34. The summed E-state index contributed by atoms with van der Waals surface area (Å²) in [4.78, 5) is 28.5. The number of benzene rings is 2. The number of carbonyl (C=O) groups is 2. The van der Waals surface area contributed by atoms with Gasteiger partial charge in [0, 0.05) is 44.9 Å². The Morgan fingerprint density at radius 3 is 2.10 bits per heavy atom. The van der Waals surface area contributed by atoms with Crippen LogP contribution in [0, 0.1) is 6.92 Å². The lowest BCUT2D eigenvalue weighted by molar-refractivity contribution is -0.130. The number of hydrogen-bond acceptors (Lipinski definition) is 3. The van der Waals surface area contributed by atoms with E-state index in [-0.39, 0.29) is 11.8 Å². The molecule has 1 aromatic heterocycles. The quantitative estimate of drug-likeness (QED) is 0.693. The number of rotatable bonds is 3. The van der Waals surface area contributed by atoms with Crippen LogP contribution in [0.25, 0.3) is 16.9 Å². The van der Waals surface area contributed by atoms with Crippen molar-refractivity contribution in [3.8, 4) is 16.9 Å². The van der Waals surface area contributed by atoms with Crippen molar-refractivity contribution in [1.29, 1.82) is 0 Å². The number of piperazine rings is 1. The third-order valence-corrected chi connectivity index (χ3v) is 5.30. The number of nitrogens with zero attached hydrogens (tertiary/aromatic N) is 4. The molecule has 2 heterocycles. The van der Waals surface area contributed by atoms with E-state index in [9.17, 15) is 9.59 Å². The molecular weight excluding hydrogens is 364 g/mol. The lowest BCUT2D eigenvalue weighted by atomic mass is 10.1. The van der Waals surface area contributed by atoms with Crippen molar-refractivity contribution < 1.29 is 9.59 Å². The Balaban J connectivity index is 1.69. The van der Waals surface area contributed by atoms with Crippen molar-refractivity contribution in [1.82, 2.24) is 19.6 Å². The van der Waals surface area contributed by atoms with Gasteiger partial charge in [0.25, 0.3) is 5.91 Å². The first-order chi connectivity index (χ1) is 14.0. The van der Waals surface area contributed by atoms with Crippen LogP contribution in [-0.4, -0.2) is 57.6 Å². The van der Waals surface area contributed by atoms with Gasteiger partial charge in [-0.15, -0.1) is 0 Å². The zero-order valence-electron chi connectivity index (χ0n) is 16.7. The second-order valence-electron chi connectivity index (χ2n) is 7.34. The highest BCUT2D eigenvalue weighted by Crippen LogP contribution is 2.26. The molecule has 0 atom stereocenters. The van der Waals surface area contributed by atoms with Crippen molar-refractivity contribution in [2.45, 2.75) is 13.8 Å². The molecule has 0 bridgehead atoms. The molecule has 1 aliphatic heterocycles. The summed E-state index contributed by atoms with van der Waals surface area (Å²) < 4.78 is 1.76. The van der Waals surface area contributed by atoms with E-state index in [0.717, 1.165) is 16.8 Å². The fourth-order valence-corrected chi connectivity index (χ4v) is 3.56. The van der Waals surface area contributed by atoms with Gasteiger partial charge in [0.1, 0.15) is 5.69 Å². The Bertz CT molecular complexity index is 1020. The molecule has 2 amide bonds. The van der Waals surface area contributed by atoms with Gasteiger partial charge in [-0.3, -0.25) is 9.59 Å². The summed E-state index contributed by atoms with van der Waals surface area (Å²) in [6, 6.07) is 17.8. The average molecular weight is 388 g/mol. The summed E-state index contributed by atoms with van der Waals surface area (Å²) in [6.45, 7) is 5.79. The van der Waals surface area contributed by atoms with Crippen molar-refractivity contribution in [2.75, 3.05) is 26.2 Å². The Morgan fingerprint density at radius 2 is 1.48 bits per heavy atom. The summed E-state index contributed by atoms with van der Waals surface area (Å²) in [6.07, 6.45) is 1.81. The fraction of sp³-hybridized carbons (Fsp3) is 0.261. The maximum atomic E-state index is 13.4. The minimum atomic E-state index is -0.0500. The first-order valence-corrected chi connectivity index (χ1v) is 9.80. The van der Waals surface area contributed by atoms with Crippen LogP contribution in [0.1, 0.15) is 22.8 Å². The van der Waals surface area contributed by atoms with Crippen LogP contribution >= 0.6 is 0 Å². The zero-order chi connectivity index (χ0) is 20.4. The first-order valence-electron chi connectivity index (χ1n) is 9.80. The lowest BCUT2D eigenvalue weighted by Crippen LogP contribution is -2.50. The Labute approximate surface area is 170 Å². The molecule has 0 unspecified atom stereocenters. The molecule has 6 nitrogen and oxygen atoms in total. The predicted octanol–water partition coefficient (Wildman–Crippen LogP) is 3.15. The van der Waals surface area contributed by atoms with Crippen LogP contribution in [-0.2, 0) is 4.79 Å². The molecule has 4 rings (SSSR count). The molecule has 3 aromatic rings. The van der Waals surface area contributed by atoms with Gasteiger partial charge in [-0.25, -0.2) is 4.68 Å². The summed E-state index contributed by atoms with van der Waals surface area (Å²) in [7, 11) is 0. The van der Waals surface area contributed by atoms with E-state index in [4.69, 9.17) is 5.10 Å². The molecule has 0 spiro atoms. The molecule has 0 saturated carbocycles. The highest BCUT2D eigenvalue weighted by molar-refractivity contribution is 6.00. The van der Waals surface area contributed by atoms with Crippen LogP contribution in [0.15, 0.2) is 60.8 Å². The van der Waals surface area contributed by atoms with Crippen molar-refractivity contribution in [3.05, 3.63) is 71.9 Å². The monoisotopic (exact) mass is 388 g/mol. The van der Waals surface area contributed by atoms with Crippen molar-refractivity contribution >= 4 is 11.8 Å². The normalized spacial score (nSPS) is 14.1. The number of aromatic nitrogens is 2. The largest absolute Gasteiger partial charge is 0.339 e. The average Bonchev–Trinajstić information content (AvgIpc) is 3.20. The number of hydrogen-bond donors (Lipinski definition) is 0. The minimum Gasteiger partial charge on any atom is -0.339 e. The fourth-order valence-electron chi connectivity index (χ4n) is 3.56. The zero-order valence-corrected chi connectivity index (χ0v) is 16.7. The van der Waals surface area contributed by atoms with Gasteiger partial charge in [0.05, 0.1) is 11.3 Å². The summed E-state index contributed by atoms with van der Waals surface area (Å²) in [5.41, 5.74) is 4.23. The van der Waals surface area contributed by atoms with Crippen molar-refractivity contribution in [2.24, 2.45) is 0 Å². The molecule has 1 saturated heterocycles. The second kappa shape index (κ2) is 7.91. The highest BCUT2D eigenvalue weighted by Gasteiger charge is 2.27. The SMILES string of the molecule is CC(=O)N1CCN(C(=O)c2cn(-c3ccccc3)nc2-c2ccc(C)cc2)CC1. The molecule has 0 radical (unpaired) electrons. The molecule has 29 heavy (non-hydrogen) atoms. The van der Waals surface area contributed by atoms with Crippen LogP contribution in [0.4, 0.5) is 0 Å². The summed E-state index contributed by atoms with van der Waals surface area (Å²) >= 11 is 0. The molecular formula is C23H24N4O2. The highest BCUT2D eigenvalue weighted by atomic mass is 16.2. The van der Waals surface area contributed by atoms with Crippen LogP contribution < -0.4 is 0 Å². The van der Waals surface area contributed by atoms with E-state index in [1.807, 2.05) is 72.6 Å². The van der Waals surface area contributed by atoms with Gasteiger partial charge in [-0.1, -0.05) is 48.0 Å². The number of carbonyl (C=O) groups excluding carboxylic acids is 2. The smallest absolute Gasteiger partial charge is 0.257 e. The van der Waals surface area contributed by atoms with Gasteiger partial charge in [-0.2, -0.15) is 5.10 Å². The van der Waals surface area contributed by atoms with E-state index in [1.165, 1.54) is 0 Å². The van der Waals surface area contributed by atoms with E-state index in [0.29, 0.717) is 37.4 Å². The Kier molecular flexibility index (Phi) is 5.16. The molecule has 1 aliphatic rings. The van der Waals surface area contributed by atoms with Gasteiger partial charge in [-0.05, 0) is 19.1 Å². The maximum Gasteiger partial charge on any atom is 0.257 e. The van der Waals surface area contributed by atoms with Crippen LogP contribution in [0.5, 0.6) is 0 Å². The molecule has 2 aromatic carbocycles. The number of amides is 2. The number of para-hydroxylation sites is 1. The third kappa shape index (κ3) is 3.92. The van der Waals surface area contributed by atoms with E-state index in [2.05, 4.69) is 0 Å². The maximum absolute atomic E-state index is 13.4. The van der Waals surface area contributed by atoms with E-state index >= 15 is 0 Å². The first kappa shape index (κ1) is 18.9. The van der Waals surface area contributed by atoms with Gasteiger partial charge >= 0.3 is 0 Å². The van der Waals surface area contributed by atoms with E-state index < -0.39 is 0 Å². The minimum absolute atomic E-state index is 0.0500. The molecule has 6 heteroatoms. The topological polar surface area (TPSA) is 58.4 Å². The van der Waals surface area contributed by atoms with Gasteiger partial charge < -0.3 is 9.80 Å². The molecule has 148 valence electrons. The van der Waals surface area contributed by atoms with E-state index in [1.54, 1.807) is 16.5 Å². The summed E-state index contributed by atoms with van der Waals surface area (Å²) in [5, 5.41) is 4.74. The molecule has 0 aliphatic carbocycles. The van der Waals surface area contributed by atoms with Gasteiger partial charge in [0.2, 0.25) is 5.91 Å². The lowest BCUT2D eigenvalue weighted by Gasteiger charge is -2.34. The predicted molar refractivity (Wildman–Crippen MR) is 112 cm³/mol. The Hall–Kier alpha value is -3.41. The molecule has 0 N–H and O–H groups in total.